The maximum atomic E-state index is 12.5. The van der Waals surface area contributed by atoms with Gasteiger partial charge in [-0.3, -0.25) is 9.36 Å². The largest absolute Gasteiger partial charge is 0.388 e. The van der Waals surface area contributed by atoms with E-state index in [9.17, 15) is 18.3 Å². The lowest BCUT2D eigenvalue weighted by molar-refractivity contribution is 0.0266. The third-order valence-electron chi connectivity index (χ3n) is 4.50. The number of hydrogen-bond donors (Lipinski definition) is 1. The lowest BCUT2D eigenvalue weighted by atomic mass is 9.99. The summed E-state index contributed by atoms with van der Waals surface area (Å²) in [5.74, 6) is 0. The van der Waals surface area contributed by atoms with Crippen LogP contribution in [0.4, 0.5) is 0 Å². The lowest BCUT2D eigenvalue weighted by Crippen LogP contribution is -2.37. The fraction of sp³-hybridized carbons (Fsp3) is 0.533. The minimum absolute atomic E-state index is 0.262. The second kappa shape index (κ2) is 5.10. The summed E-state index contributed by atoms with van der Waals surface area (Å²) in [6.07, 6.45) is 4.47. The Balaban J connectivity index is 2.38. The van der Waals surface area contributed by atoms with Gasteiger partial charge < -0.3 is 5.11 Å². The van der Waals surface area contributed by atoms with Gasteiger partial charge in [0.2, 0.25) is 15.0 Å². The van der Waals surface area contributed by atoms with Gasteiger partial charge in [-0.15, -0.1) is 0 Å². The average molecular weight is 337 g/mol. The van der Waals surface area contributed by atoms with Gasteiger partial charge in [-0.2, -0.15) is 4.98 Å². The van der Waals surface area contributed by atoms with Crippen LogP contribution in [-0.2, 0) is 9.84 Å². The smallest absolute Gasteiger partial charge is 0.252 e. The van der Waals surface area contributed by atoms with Gasteiger partial charge in [-0.1, -0.05) is 0 Å². The van der Waals surface area contributed by atoms with E-state index >= 15 is 0 Å². The van der Waals surface area contributed by atoms with Crippen molar-refractivity contribution in [1.29, 1.82) is 0 Å². The molecule has 2 aromatic heterocycles. The fourth-order valence-electron chi connectivity index (χ4n) is 3.27. The van der Waals surface area contributed by atoms with Gasteiger partial charge in [-0.05, 0) is 38.7 Å². The SMILES string of the molecule is Cc1cc(=O)n([C@@H]2CCC[C@@]2(C)O)c2nc(S(C)(=O)=O)ncc12. The van der Waals surface area contributed by atoms with Crippen LogP contribution in [-0.4, -0.2) is 39.9 Å². The summed E-state index contributed by atoms with van der Waals surface area (Å²) in [6.45, 7) is 3.45. The highest BCUT2D eigenvalue weighted by atomic mass is 32.2. The predicted octanol–water partition coefficient (Wildman–Crippen LogP) is 0.979. The molecule has 2 aromatic rings. The Morgan fingerprint density at radius 2 is 2.13 bits per heavy atom. The van der Waals surface area contributed by atoms with E-state index in [1.165, 1.54) is 16.8 Å². The molecule has 0 amide bonds. The van der Waals surface area contributed by atoms with Gasteiger partial charge in [0.05, 0.1) is 11.6 Å². The molecule has 0 aromatic carbocycles. The Morgan fingerprint density at radius 1 is 1.43 bits per heavy atom. The zero-order valence-corrected chi connectivity index (χ0v) is 14.1. The summed E-state index contributed by atoms with van der Waals surface area (Å²) in [7, 11) is -3.59. The number of aromatic nitrogens is 3. The van der Waals surface area contributed by atoms with Crippen LogP contribution in [0.2, 0.25) is 0 Å². The summed E-state index contributed by atoms with van der Waals surface area (Å²) in [5.41, 5.74) is -0.376. The number of pyridine rings is 1. The van der Waals surface area contributed by atoms with E-state index in [4.69, 9.17) is 0 Å². The van der Waals surface area contributed by atoms with Gasteiger partial charge in [0.25, 0.3) is 5.56 Å². The summed E-state index contributed by atoms with van der Waals surface area (Å²) in [6, 6.07) is 1.04. The highest BCUT2D eigenvalue weighted by Gasteiger charge is 2.39. The van der Waals surface area contributed by atoms with Crippen molar-refractivity contribution in [3.63, 3.8) is 0 Å². The average Bonchev–Trinajstić information content (AvgIpc) is 2.77. The maximum absolute atomic E-state index is 12.5. The third-order valence-corrected chi connectivity index (χ3v) is 5.36. The van der Waals surface area contributed by atoms with Crippen LogP contribution in [0.5, 0.6) is 0 Å². The molecule has 124 valence electrons. The quantitative estimate of drug-likeness (QED) is 0.820. The number of hydrogen-bond acceptors (Lipinski definition) is 6. The van der Waals surface area contributed by atoms with Crippen LogP contribution in [0.25, 0.3) is 11.0 Å². The lowest BCUT2D eigenvalue weighted by Gasteiger charge is -2.28. The topological polar surface area (TPSA) is 102 Å². The molecular weight excluding hydrogens is 318 g/mol. The second-order valence-electron chi connectivity index (χ2n) is 6.46. The fourth-order valence-corrected chi connectivity index (χ4v) is 3.77. The second-order valence-corrected chi connectivity index (χ2v) is 8.37. The van der Waals surface area contributed by atoms with Crippen molar-refractivity contribution >= 4 is 20.9 Å². The van der Waals surface area contributed by atoms with E-state index in [0.29, 0.717) is 23.8 Å². The zero-order chi connectivity index (χ0) is 17.0. The van der Waals surface area contributed by atoms with Gasteiger partial charge >= 0.3 is 0 Å². The van der Waals surface area contributed by atoms with Crippen LogP contribution in [0, 0.1) is 6.92 Å². The van der Waals surface area contributed by atoms with Crippen LogP contribution < -0.4 is 5.56 Å². The van der Waals surface area contributed by atoms with Gasteiger partial charge in [0.15, 0.2) is 0 Å². The van der Waals surface area contributed by atoms with Crippen LogP contribution in [0.1, 0.15) is 37.8 Å². The summed E-state index contributed by atoms with van der Waals surface area (Å²) in [5, 5.41) is 10.9. The minimum atomic E-state index is -3.59. The predicted molar refractivity (Wildman–Crippen MR) is 85.2 cm³/mol. The van der Waals surface area contributed by atoms with E-state index in [1.807, 2.05) is 0 Å². The number of sulfone groups is 1. The molecule has 0 aliphatic heterocycles. The molecule has 0 bridgehead atoms. The summed E-state index contributed by atoms with van der Waals surface area (Å²) < 4.78 is 24.9. The van der Waals surface area contributed by atoms with Crippen molar-refractivity contribution in [3.8, 4) is 0 Å². The molecule has 0 spiro atoms. The van der Waals surface area contributed by atoms with Crippen molar-refractivity contribution in [2.24, 2.45) is 0 Å². The number of aryl methyl sites for hydroxylation is 1. The van der Waals surface area contributed by atoms with Crippen LogP contribution in [0.3, 0.4) is 0 Å². The number of rotatable bonds is 2. The van der Waals surface area contributed by atoms with Crippen molar-refractivity contribution in [2.45, 2.75) is 49.9 Å². The molecule has 23 heavy (non-hydrogen) atoms. The molecule has 2 heterocycles. The normalized spacial score (nSPS) is 25.1. The van der Waals surface area contributed by atoms with E-state index in [2.05, 4.69) is 9.97 Å². The maximum Gasteiger partial charge on any atom is 0.252 e. The highest BCUT2D eigenvalue weighted by molar-refractivity contribution is 7.90. The molecule has 1 N–H and O–H groups in total. The van der Waals surface area contributed by atoms with Gasteiger partial charge in [0.1, 0.15) is 5.65 Å². The van der Waals surface area contributed by atoms with Gasteiger partial charge in [-0.25, -0.2) is 13.4 Å². The van der Waals surface area contributed by atoms with Crippen molar-refractivity contribution in [3.05, 3.63) is 28.2 Å². The summed E-state index contributed by atoms with van der Waals surface area (Å²) >= 11 is 0. The Kier molecular flexibility index (Phi) is 3.57. The number of fused-ring (bicyclic) bond motifs is 1. The molecule has 8 heteroatoms. The zero-order valence-electron chi connectivity index (χ0n) is 13.3. The Labute approximate surface area is 133 Å². The molecular formula is C15H19N3O4S. The highest BCUT2D eigenvalue weighted by Crippen LogP contribution is 2.39. The molecule has 2 atom stereocenters. The van der Waals surface area contributed by atoms with Gasteiger partial charge in [0, 0.05) is 23.9 Å². The van der Waals surface area contributed by atoms with Crippen molar-refractivity contribution in [1.82, 2.24) is 14.5 Å². The first kappa shape index (κ1) is 16.1. The minimum Gasteiger partial charge on any atom is -0.388 e. The van der Waals surface area contributed by atoms with E-state index in [1.54, 1.807) is 13.8 Å². The van der Waals surface area contributed by atoms with Crippen LogP contribution >= 0.6 is 0 Å². The number of nitrogens with zero attached hydrogens (tertiary/aromatic N) is 3. The van der Waals surface area contributed by atoms with E-state index < -0.39 is 21.5 Å². The molecule has 0 unspecified atom stereocenters. The molecule has 0 radical (unpaired) electrons. The first-order chi connectivity index (χ1) is 10.6. The molecule has 3 rings (SSSR count). The molecule has 1 saturated carbocycles. The Bertz CT molecular complexity index is 947. The third kappa shape index (κ3) is 2.66. The Morgan fingerprint density at radius 3 is 2.70 bits per heavy atom. The molecule has 1 fully saturated rings. The number of aliphatic hydroxyl groups is 1. The van der Waals surface area contributed by atoms with E-state index in [-0.39, 0.29) is 16.4 Å². The molecule has 7 nitrogen and oxygen atoms in total. The summed E-state index contributed by atoms with van der Waals surface area (Å²) in [4.78, 5) is 20.6. The first-order valence-corrected chi connectivity index (χ1v) is 9.32. The van der Waals surface area contributed by atoms with Crippen molar-refractivity contribution < 1.29 is 13.5 Å². The molecule has 1 aliphatic rings. The standard InChI is InChI=1S/C15H19N3O4S/c1-9-7-12(19)18(11-5-4-6-15(11,2)20)13-10(9)8-16-14(17-13)23(3,21)22/h7-8,11,20H,4-6H2,1-3H3/t11-,15-/m1/s1. The van der Waals surface area contributed by atoms with Crippen molar-refractivity contribution in [2.75, 3.05) is 6.26 Å². The molecule has 0 saturated heterocycles. The first-order valence-electron chi connectivity index (χ1n) is 7.42. The Hall–Kier alpha value is -1.80. The van der Waals surface area contributed by atoms with Crippen LogP contribution in [0.15, 0.2) is 22.2 Å². The molecule has 1 aliphatic carbocycles. The van der Waals surface area contributed by atoms with E-state index in [0.717, 1.165) is 12.7 Å². The monoisotopic (exact) mass is 337 g/mol.